The molecule has 164 valence electrons. The van der Waals surface area contributed by atoms with Gasteiger partial charge in [0.15, 0.2) is 0 Å². The highest BCUT2D eigenvalue weighted by atomic mass is 32.2. The average Bonchev–Trinajstić information content (AvgIpc) is 3.03. The molecule has 1 aliphatic rings. The third-order valence-electron chi connectivity index (χ3n) is 5.82. The minimum absolute atomic E-state index is 0.0126. The summed E-state index contributed by atoms with van der Waals surface area (Å²) < 4.78 is 40.5. The molecule has 0 radical (unpaired) electrons. The molecule has 4 rings (SSSR count). The maximum Gasteiger partial charge on any atom is 0.224 e. The van der Waals surface area contributed by atoms with Gasteiger partial charge in [0.1, 0.15) is 5.82 Å². The third kappa shape index (κ3) is 4.97. The highest BCUT2D eigenvalue weighted by Gasteiger charge is 2.29. The molecule has 1 saturated heterocycles. The summed E-state index contributed by atoms with van der Waals surface area (Å²) in [5, 5.41) is 3.73. The zero-order valence-electron chi connectivity index (χ0n) is 17.4. The molecule has 2 heterocycles. The van der Waals surface area contributed by atoms with Crippen LogP contribution in [0, 0.1) is 12.7 Å². The molecule has 1 fully saturated rings. The van der Waals surface area contributed by atoms with Gasteiger partial charge >= 0.3 is 0 Å². The lowest BCUT2D eigenvalue weighted by atomic mass is 10.0. The van der Waals surface area contributed by atoms with E-state index in [1.807, 2.05) is 37.3 Å². The van der Waals surface area contributed by atoms with Crippen LogP contribution in [0.2, 0.25) is 0 Å². The molecule has 6 nitrogen and oxygen atoms in total. The highest BCUT2D eigenvalue weighted by Crippen LogP contribution is 2.24. The van der Waals surface area contributed by atoms with Gasteiger partial charge in [-0.25, -0.2) is 17.1 Å². The second-order valence-electron chi connectivity index (χ2n) is 8.08. The number of nitrogens with zero attached hydrogens (tertiary/aromatic N) is 1. The van der Waals surface area contributed by atoms with Gasteiger partial charge in [0.25, 0.3) is 0 Å². The first-order valence-electron chi connectivity index (χ1n) is 10.4. The van der Waals surface area contributed by atoms with Crippen LogP contribution in [0.25, 0.3) is 10.9 Å². The number of aromatic nitrogens is 1. The lowest BCUT2D eigenvalue weighted by molar-refractivity contribution is -0.121. The van der Waals surface area contributed by atoms with Crippen LogP contribution in [0.3, 0.4) is 0 Å². The fraction of sp³-hybridized carbons (Fsp3) is 0.348. The summed E-state index contributed by atoms with van der Waals surface area (Å²) in [4.78, 5) is 15.8. The summed E-state index contributed by atoms with van der Waals surface area (Å²) >= 11 is 0. The van der Waals surface area contributed by atoms with Gasteiger partial charge in [-0.3, -0.25) is 4.79 Å². The Hall–Kier alpha value is -2.71. The second-order valence-corrected chi connectivity index (χ2v) is 10.0. The molecule has 31 heavy (non-hydrogen) atoms. The van der Waals surface area contributed by atoms with E-state index in [9.17, 15) is 17.6 Å². The Morgan fingerprint density at radius 1 is 1.16 bits per heavy atom. The van der Waals surface area contributed by atoms with Gasteiger partial charge < -0.3 is 10.3 Å². The number of hydrogen-bond acceptors (Lipinski definition) is 3. The van der Waals surface area contributed by atoms with E-state index in [1.54, 1.807) is 6.07 Å². The van der Waals surface area contributed by atoms with E-state index in [4.69, 9.17) is 0 Å². The fourth-order valence-electron chi connectivity index (χ4n) is 4.18. The molecule has 0 bridgehead atoms. The molecule has 3 aromatic rings. The minimum Gasteiger partial charge on any atom is -0.358 e. The molecular formula is C23H26FN3O3S. The lowest BCUT2D eigenvalue weighted by Crippen LogP contribution is -2.47. The number of amides is 1. The average molecular weight is 444 g/mol. The molecule has 2 aromatic carbocycles. The van der Waals surface area contributed by atoms with Gasteiger partial charge in [0.05, 0.1) is 12.2 Å². The summed E-state index contributed by atoms with van der Waals surface area (Å²) in [6, 6.07) is 13.6. The van der Waals surface area contributed by atoms with E-state index in [0.717, 1.165) is 27.7 Å². The summed E-state index contributed by atoms with van der Waals surface area (Å²) in [6.07, 6.45) is 1.30. The van der Waals surface area contributed by atoms with Crippen molar-refractivity contribution >= 4 is 26.8 Å². The summed E-state index contributed by atoms with van der Waals surface area (Å²) in [5.74, 6) is -0.488. The zero-order chi connectivity index (χ0) is 22.0. The number of piperidine rings is 1. The minimum atomic E-state index is -3.38. The van der Waals surface area contributed by atoms with Crippen molar-refractivity contribution in [2.45, 2.75) is 38.0 Å². The van der Waals surface area contributed by atoms with Crippen molar-refractivity contribution in [3.8, 4) is 0 Å². The van der Waals surface area contributed by atoms with Crippen molar-refractivity contribution in [1.29, 1.82) is 0 Å². The number of sulfonamides is 1. The normalized spacial score (nSPS) is 15.9. The first-order chi connectivity index (χ1) is 14.8. The van der Waals surface area contributed by atoms with Gasteiger partial charge in [-0.1, -0.05) is 30.3 Å². The highest BCUT2D eigenvalue weighted by molar-refractivity contribution is 7.88. The van der Waals surface area contributed by atoms with Crippen molar-refractivity contribution in [2.75, 3.05) is 13.1 Å². The van der Waals surface area contributed by atoms with Crippen LogP contribution in [0.5, 0.6) is 0 Å². The number of hydrogen-bond donors (Lipinski definition) is 2. The van der Waals surface area contributed by atoms with Crippen molar-refractivity contribution in [3.05, 3.63) is 71.2 Å². The first kappa shape index (κ1) is 21.5. The summed E-state index contributed by atoms with van der Waals surface area (Å²) in [7, 11) is -3.38. The van der Waals surface area contributed by atoms with E-state index in [2.05, 4.69) is 10.3 Å². The van der Waals surface area contributed by atoms with E-state index in [1.165, 1.54) is 16.4 Å². The summed E-state index contributed by atoms with van der Waals surface area (Å²) in [5.41, 5.74) is 3.20. The Morgan fingerprint density at radius 2 is 1.87 bits per heavy atom. The number of aryl methyl sites for hydroxylation is 1. The number of rotatable bonds is 6. The van der Waals surface area contributed by atoms with E-state index >= 15 is 0 Å². The number of carbonyl (C=O) groups excluding carboxylic acids is 1. The molecule has 2 N–H and O–H groups in total. The third-order valence-corrected chi connectivity index (χ3v) is 7.67. The number of aromatic amines is 1. The number of nitrogens with one attached hydrogen (secondary N) is 2. The number of fused-ring (bicyclic) bond motifs is 1. The zero-order valence-corrected chi connectivity index (χ0v) is 18.2. The summed E-state index contributed by atoms with van der Waals surface area (Å²) in [6.45, 7) is 2.64. The van der Waals surface area contributed by atoms with Crippen LogP contribution in [-0.4, -0.2) is 42.7 Å². The topological polar surface area (TPSA) is 82.3 Å². The SMILES string of the molecule is Cc1[nH]c2ccc(F)cc2c1CC(=O)NC1CCN(S(=O)(=O)Cc2ccccc2)CC1. The number of halogens is 1. The van der Waals surface area contributed by atoms with Crippen molar-refractivity contribution < 1.29 is 17.6 Å². The molecule has 0 saturated carbocycles. The molecule has 0 spiro atoms. The van der Waals surface area contributed by atoms with Crippen LogP contribution >= 0.6 is 0 Å². The molecule has 1 amide bonds. The van der Waals surface area contributed by atoms with E-state index in [-0.39, 0.29) is 29.9 Å². The van der Waals surface area contributed by atoms with Gasteiger partial charge in [0, 0.05) is 35.7 Å². The Labute approximate surface area is 181 Å². The number of H-pyrrole nitrogens is 1. The Kier molecular flexibility index (Phi) is 6.11. The quantitative estimate of drug-likeness (QED) is 0.614. The maximum absolute atomic E-state index is 13.6. The van der Waals surface area contributed by atoms with Crippen LogP contribution < -0.4 is 5.32 Å². The first-order valence-corrected chi connectivity index (χ1v) is 12.0. The van der Waals surface area contributed by atoms with Gasteiger partial charge in [-0.15, -0.1) is 0 Å². The van der Waals surface area contributed by atoms with Crippen LogP contribution in [-0.2, 0) is 27.0 Å². The van der Waals surface area contributed by atoms with Crippen LogP contribution in [0.4, 0.5) is 4.39 Å². The predicted molar refractivity (Wildman–Crippen MR) is 119 cm³/mol. The number of benzene rings is 2. The van der Waals surface area contributed by atoms with Crippen LogP contribution in [0.15, 0.2) is 48.5 Å². The lowest BCUT2D eigenvalue weighted by Gasteiger charge is -2.31. The maximum atomic E-state index is 13.6. The molecule has 8 heteroatoms. The Morgan fingerprint density at radius 3 is 2.58 bits per heavy atom. The molecule has 0 unspecified atom stereocenters. The van der Waals surface area contributed by atoms with Gasteiger partial charge in [0.2, 0.25) is 15.9 Å². The number of carbonyl (C=O) groups is 1. The largest absolute Gasteiger partial charge is 0.358 e. The monoisotopic (exact) mass is 443 g/mol. The van der Waals surface area contributed by atoms with Gasteiger partial charge in [-0.2, -0.15) is 0 Å². The van der Waals surface area contributed by atoms with E-state index < -0.39 is 10.0 Å². The standard InChI is InChI=1S/C23H26FN3O3S/c1-16-20(21-13-18(24)7-8-22(21)25-16)14-23(28)26-19-9-11-27(12-10-19)31(29,30)15-17-5-3-2-4-6-17/h2-8,13,19,25H,9-12,14-15H2,1H3,(H,26,28). The molecule has 0 aliphatic carbocycles. The van der Waals surface area contributed by atoms with Crippen LogP contribution in [0.1, 0.15) is 29.7 Å². The van der Waals surface area contributed by atoms with Crippen molar-refractivity contribution in [2.24, 2.45) is 0 Å². The second kappa shape index (κ2) is 8.80. The molecule has 0 atom stereocenters. The van der Waals surface area contributed by atoms with Crippen molar-refractivity contribution in [3.63, 3.8) is 0 Å². The Balaban J connectivity index is 1.33. The molecule has 1 aliphatic heterocycles. The van der Waals surface area contributed by atoms with Crippen molar-refractivity contribution in [1.82, 2.24) is 14.6 Å². The molecular weight excluding hydrogens is 417 g/mol. The molecule has 1 aromatic heterocycles. The Bertz CT molecular complexity index is 1180. The van der Waals surface area contributed by atoms with E-state index in [0.29, 0.717) is 25.9 Å². The van der Waals surface area contributed by atoms with Gasteiger partial charge in [-0.05, 0) is 49.1 Å². The smallest absolute Gasteiger partial charge is 0.224 e. The predicted octanol–water partition coefficient (Wildman–Crippen LogP) is 3.27. The fourth-order valence-corrected chi connectivity index (χ4v) is 5.74.